The highest BCUT2D eigenvalue weighted by molar-refractivity contribution is 5.92. The van der Waals surface area contributed by atoms with Gasteiger partial charge in [-0.2, -0.15) is 18.4 Å². The maximum Gasteiger partial charge on any atom is 0.416 e. The highest BCUT2D eigenvalue weighted by atomic mass is 19.4. The molecule has 0 spiro atoms. The number of amides is 1. The second kappa shape index (κ2) is 10.0. The number of nitriles is 1. The molecule has 3 aromatic rings. The Kier molecular flexibility index (Phi) is 7.19. The predicted molar refractivity (Wildman–Crippen MR) is 121 cm³/mol. The molecule has 0 aromatic heterocycles. The van der Waals surface area contributed by atoms with E-state index in [9.17, 15) is 23.2 Å². The summed E-state index contributed by atoms with van der Waals surface area (Å²) in [6.45, 7) is 3.71. The third-order valence-electron chi connectivity index (χ3n) is 4.95. The van der Waals surface area contributed by atoms with Gasteiger partial charge in [0, 0.05) is 5.69 Å². The van der Waals surface area contributed by atoms with Crippen molar-refractivity contribution in [1.82, 2.24) is 0 Å². The number of aryl methyl sites for hydroxylation is 2. The van der Waals surface area contributed by atoms with Crippen molar-refractivity contribution in [2.75, 3.05) is 11.9 Å². The van der Waals surface area contributed by atoms with Gasteiger partial charge >= 0.3 is 6.18 Å². The van der Waals surface area contributed by atoms with Crippen molar-refractivity contribution in [1.29, 1.82) is 5.26 Å². The standard InChI is InChI=1S/C26H21F3N2O2/c1-17-9-10-23(11-18(17)2)31-25(32)16-33-24-8-3-5-19(13-24)12-21(15-30)20-6-4-7-22(14-20)26(27,28)29/h3-14H,16H2,1-2H3,(H,31,32). The number of hydrogen-bond acceptors (Lipinski definition) is 3. The molecule has 168 valence electrons. The molecule has 0 atom stereocenters. The fraction of sp³-hybridized carbons (Fsp3) is 0.154. The summed E-state index contributed by atoms with van der Waals surface area (Å²) >= 11 is 0. The summed E-state index contributed by atoms with van der Waals surface area (Å²) in [5.41, 5.74) is 2.81. The van der Waals surface area contributed by atoms with Crippen LogP contribution >= 0.6 is 0 Å². The van der Waals surface area contributed by atoms with Gasteiger partial charge in [0.25, 0.3) is 5.91 Å². The van der Waals surface area contributed by atoms with Crippen LogP contribution in [0, 0.1) is 25.2 Å². The van der Waals surface area contributed by atoms with Crippen molar-refractivity contribution in [3.8, 4) is 11.8 Å². The van der Waals surface area contributed by atoms with Crippen LogP contribution in [0.25, 0.3) is 11.6 Å². The molecule has 0 saturated heterocycles. The SMILES string of the molecule is Cc1ccc(NC(=O)COc2cccc(C=C(C#N)c3cccc(C(F)(F)F)c3)c2)cc1C. The van der Waals surface area contributed by atoms with Crippen molar-refractivity contribution < 1.29 is 22.7 Å². The molecule has 1 amide bonds. The van der Waals surface area contributed by atoms with E-state index >= 15 is 0 Å². The molecule has 4 nitrogen and oxygen atoms in total. The molecule has 0 fully saturated rings. The van der Waals surface area contributed by atoms with E-state index in [1.165, 1.54) is 18.2 Å². The van der Waals surface area contributed by atoms with E-state index in [-0.39, 0.29) is 23.7 Å². The van der Waals surface area contributed by atoms with Gasteiger partial charge in [-0.05, 0) is 78.6 Å². The van der Waals surface area contributed by atoms with Gasteiger partial charge in [0.15, 0.2) is 6.61 Å². The largest absolute Gasteiger partial charge is 0.484 e. The molecule has 0 heterocycles. The summed E-state index contributed by atoms with van der Waals surface area (Å²) in [5.74, 6) is 0.0567. The maximum absolute atomic E-state index is 13.0. The average molecular weight is 450 g/mol. The van der Waals surface area contributed by atoms with Crippen molar-refractivity contribution in [3.63, 3.8) is 0 Å². The number of carbonyl (C=O) groups excluding carboxylic acids is 1. The highest BCUT2D eigenvalue weighted by Crippen LogP contribution is 2.31. The maximum atomic E-state index is 13.0. The van der Waals surface area contributed by atoms with Gasteiger partial charge in [-0.25, -0.2) is 0 Å². The number of nitrogens with zero attached hydrogens (tertiary/aromatic N) is 1. The van der Waals surface area contributed by atoms with E-state index in [0.717, 1.165) is 23.3 Å². The lowest BCUT2D eigenvalue weighted by molar-refractivity contribution is -0.137. The van der Waals surface area contributed by atoms with Crippen LogP contribution in [0.2, 0.25) is 0 Å². The average Bonchev–Trinajstić information content (AvgIpc) is 2.78. The van der Waals surface area contributed by atoms with Gasteiger partial charge in [-0.3, -0.25) is 4.79 Å². The molecule has 3 aromatic carbocycles. The number of carbonyl (C=O) groups is 1. The summed E-state index contributed by atoms with van der Waals surface area (Å²) in [4.78, 5) is 12.2. The summed E-state index contributed by atoms with van der Waals surface area (Å²) in [5, 5.41) is 12.2. The Hall–Kier alpha value is -4.05. The zero-order chi connectivity index (χ0) is 24.0. The van der Waals surface area contributed by atoms with Crippen LogP contribution in [0.4, 0.5) is 18.9 Å². The van der Waals surface area contributed by atoms with Gasteiger partial charge in [0.1, 0.15) is 5.75 Å². The summed E-state index contributed by atoms with van der Waals surface area (Å²) in [7, 11) is 0. The van der Waals surface area contributed by atoms with Gasteiger partial charge < -0.3 is 10.1 Å². The molecule has 0 aliphatic carbocycles. The lowest BCUT2D eigenvalue weighted by atomic mass is 10.0. The van der Waals surface area contributed by atoms with Crippen LogP contribution in [-0.2, 0) is 11.0 Å². The third kappa shape index (κ3) is 6.47. The lowest BCUT2D eigenvalue weighted by Crippen LogP contribution is -2.20. The minimum absolute atomic E-state index is 0.0748. The fourth-order valence-electron chi connectivity index (χ4n) is 3.07. The van der Waals surface area contributed by atoms with E-state index in [4.69, 9.17) is 4.74 Å². The van der Waals surface area contributed by atoms with Gasteiger partial charge in [0.05, 0.1) is 17.2 Å². The van der Waals surface area contributed by atoms with E-state index in [2.05, 4.69) is 5.32 Å². The normalized spacial score (nSPS) is 11.6. The predicted octanol–water partition coefficient (Wildman–Crippen LogP) is 6.40. The Balaban J connectivity index is 1.71. The van der Waals surface area contributed by atoms with E-state index < -0.39 is 11.7 Å². The number of benzene rings is 3. The molecular weight excluding hydrogens is 429 g/mol. The minimum atomic E-state index is -4.50. The zero-order valence-electron chi connectivity index (χ0n) is 18.0. The van der Waals surface area contributed by atoms with Crippen LogP contribution in [0.15, 0.2) is 66.7 Å². The minimum Gasteiger partial charge on any atom is -0.484 e. The van der Waals surface area contributed by atoms with Crippen molar-refractivity contribution in [3.05, 3.63) is 94.5 Å². The quantitative estimate of drug-likeness (QED) is 0.349. The first kappa shape index (κ1) is 23.6. The van der Waals surface area contributed by atoms with Crippen LogP contribution in [-0.4, -0.2) is 12.5 Å². The van der Waals surface area contributed by atoms with Crippen molar-refractivity contribution in [2.24, 2.45) is 0 Å². The molecule has 0 aliphatic rings. The Bertz CT molecular complexity index is 1240. The second-order valence-corrected chi connectivity index (χ2v) is 7.46. The van der Waals surface area contributed by atoms with Crippen molar-refractivity contribution in [2.45, 2.75) is 20.0 Å². The van der Waals surface area contributed by atoms with Crippen LogP contribution in [0.3, 0.4) is 0 Å². The van der Waals surface area contributed by atoms with E-state index in [0.29, 0.717) is 17.0 Å². The van der Waals surface area contributed by atoms with Gasteiger partial charge in [0.2, 0.25) is 0 Å². The first-order valence-corrected chi connectivity index (χ1v) is 10.0. The van der Waals surface area contributed by atoms with Gasteiger partial charge in [-0.1, -0.05) is 30.3 Å². The highest BCUT2D eigenvalue weighted by Gasteiger charge is 2.30. The smallest absolute Gasteiger partial charge is 0.416 e. The molecule has 33 heavy (non-hydrogen) atoms. The van der Waals surface area contributed by atoms with Gasteiger partial charge in [-0.15, -0.1) is 0 Å². The summed E-state index contributed by atoms with van der Waals surface area (Å²) in [6.07, 6.45) is -3.03. The molecule has 0 unspecified atom stereocenters. The molecule has 0 radical (unpaired) electrons. The third-order valence-corrected chi connectivity index (χ3v) is 4.95. The first-order chi connectivity index (χ1) is 15.7. The number of rotatable bonds is 6. The number of hydrogen-bond donors (Lipinski definition) is 1. The second-order valence-electron chi connectivity index (χ2n) is 7.46. The topological polar surface area (TPSA) is 62.1 Å². The zero-order valence-corrected chi connectivity index (χ0v) is 18.0. The summed E-state index contributed by atoms with van der Waals surface area (Å²) in [6, 6.07) is 18.7. The lowest BCUT2D eigenvalue weighted by Gasteiger charge is -2.10. The molecular formula is C26H21F3N2O2. The molecule has 3 rings (SSSR count). The monoisotopic (exact) mass is 450 g/mol. The van der Waals surface area contributed by atoms with Crippen LogP contribution in [0.5, 0.6) is 5.75 Å². The number of halogens is 3. The Morgan fingerprint density at radius 3 is 2.48 bits per heavy atom. The Labute approximate surface area is 189 Å². The molecule has 1 N–H and O–H groups in total. The number of nitrogens with one attached hydrogen (secondary N) is 1. The molecule has 0 aliphatic heterocycles. The van der Waals surface area contributed by atoms with Crippen LogP contribution in [0.1, 0.15) is 27.8 Å². The molecule has 7 heteroatoms. The summed E-state index contributed by atoms with van der Waals surface area (Å²) < 4.78 is 44.5. The number of anilines is 1. The van der Waals surface area contributed by atoms with Crippen LogP contribution < -0.4 is 10.1 Å². The first-order valence-electron chi connectivity index (χ1n) is 10.0. The molecule has 0 saturated carbocycles. The Morgan fingerprint density at radius 2 is 1.79 bits per heavy atom. The number of allylic oxidation sites excluding steroid dienone is 1. The number of alkyl halides is 3. The van der Waals surface area contributed by atoms with E-state index in [1.807, 2.05) is 38.1 Å². The number of ether oxygens (including phenoxy) is 1. The fourth-order valence-corrected chi connectivity index (χ4v) is 3.07. The van der Waals surface area contributed by atoms with Crippen molar-refractivity contribution >= 4 is 23.2 Å². The Morgan fingerprint density at radius 1 is 1.03 bits per heavy atom. The van der Waals surface area contributed by atoms with E-state index in [1.54, 1.807) is 24.3 Å². The molecule has 0 bridgehead atoms.